The van der Waals surface area contributed by atoms with Crippen molar-refractivity contribution in [3.63, 3.8) is 0 Å². The van der Waals surface area contributed by atoms with E-state index >= 15 is 0 Å². The second kappa shape index (κ2) is 15.9. The number of esters is 2. The number of fused-ring (bicyclic) bond motifs is 7. The van der Waals surface area contributed by atoms with Crippen LogP contribution in [-0.4, -0.2) is 136 Å². The molecule has 22 unspecified atom stereocenters. The third-order valence-electron chi connectivity index (χ3n) is 16.2. The molecule has 8 aliphatic rings. The number of aliphatic hydroxyl groups excluding tert-OH is 5. The molecule has 4 saturated heterocycles. The number of carbonyl (C=O) groups is 2. The Hall–Kier alpha value is -1.76. The SMILES string of the molecule is CC(=O)OCC1OC(OC2CC(O)CC3=CCC4C5CC6OC7(CCC(C)CO7)C(C)C6C5(C)CCC4C32C)C(OC2OC(C)C(O)C(O)C2O)C(O)C1OC(C)=O. The summed E-state index contributed by atoms with van der Waals surface area (Å²) in [5.41, 5.74) is 0.631. The quantitative estimate of drug-likeness (QED) is 0.185. The average Bonchev–Trinajstić information content (AvgIpc) is 3.61. The van der Waals surface area contributed by atoms with E-state index in [1.165, 1.54) is 20.8 Å². The van der Waals surface area contributed by atoms with Crippen molar-refractivity contribution in [2.45, 2.75) is 185 Å². The van der Waals surface area contributed by atoms with Gasteiger partial charge in [-0.1, -0.05) is 39.3 Å². The standard InChI is InChI=1S/C43H66O15/c1-19-10-13-43(52-17-19)20(2)32-29(58-43)16-28-26-9-8-24-14-25(46)15-31(42(24,7)27(26)11-12-41(28,32)6)56-40-38(57-39-35(49)34(48)33(47)21(3)53-39)36(50)37(54-23(5)45)30(55-40)18-51-22(4)44/h8,19-21,25-40,46-50H,9-18H2,1-7H3. The highest BCUT2D eigenvalue weighted by Crippen LogP contribution is 2.71. The lowest BCUT2D eigenvalue weighted by molar-refractivity contribution is -0.374. The predicted molar refractivity (Wildman–Crippen MR) is 202 cm³/mol. The summed E-state index contributed by atoms with van der Waals surface area (Å²) in [5.74, 6) is 0.275. The second-order valence-electron chi connectivity index (χ2n) is 19.6. The predicted octanol–water partition coefficient (Wildman–Crippen LogP) is 2.50. The molecule has 7 fully saturated rings. The molecule has 15 nitrogen and oxygen atoms in total. The molecule has 0 aromatic rings. The molecule has 4 aliphatic heterocycles. The molecule has 15 heteroatoms. The molecule has 4 heterocycles. The lowest BCUT2D eigenvalue weighted by atomic mass is 9.46. The van der Waals surface area contributed by atoms with Gasteiger partial charge in [-0.25, -0.2) is 0 Å². The molecular weight excluding hydrogens is 756 g/mol. The van der Waals surface area contributed by atoms with E-state index in [2.05, 4.69) is 33.8 Å². The van der Waals surface area contributed by atoms with Crippen LogP contribution >= 0.6 is 0 Å². The Balaban J connectivity index is 1.09. The van der Waals surface area contributed by atoms with Gasteiger partial charge in [-0.3, -0.25) is 9.59 Å². The van der Waals surface area contributed by atoms with Crippen LogP contribution in [0.4, 0.5) is 0 Å². The minimum atomic E-state index is -1.72. The first-order valence-corrected chi connectivity index (χ1v) is 21.7. The van der Waals surface area contributed by atoms with Crippen LogP contribution < -0.4 is 0 Å². The number of carbonyl (C=O) groups excluding carboxylic acids is 2. The zero-order valence-corrected chi connectivity index (χ0v) is 34.9. The Kier molecular flexibility index (Phi) is 11.7. The Bertz CT molecular complexity index is 1570. The monoisotopic (exact) mass is 822 g/mol. The van der Waals surface area contributed by atoms with Crippen molar-refractivity contribution in [3.8, 4) is 0 Å². The zero-order chi connectivity index (χ0) is 41.6. The van der Waals surface area contributed by atoms with Crippen molar-refractivity contribution in [2.24, 2.45) is 46.3 Å². The lowest BCUT2D eigenvalue weighted by Crippen LogP contribution is -2.66. The summed E-state index contributed by atoms with van der Waals surface area (Å²) in [4.78, 5) is 24.3. The first-order chi connectivity index (χ1) is 27.4. The number of rotatable bonds is 7. The molecule has 328 valence electrons. The smallest absolute Gasteiger partial charge is 0.303 e. The Labute approximate surface area is 341 Å². The summed E-state index contributed by atoms with van der Waals surface area (Å²) < 4.78 is 49.8. The van der Waals surface area contributed by atoms with Crippen molar-refractivity contribution < 1.29 is 73.0 Å². The maximum absolute atomic E-state index is 12.3. The summed E-state index contributed by atoms with van der Waals surface area (Å²) in [7, 11) is 0. The molecular formula is C43H66O15. The van der Waals surface area contributed by atoms with E-state index in [0.29, 0.717) is 30.1 Å². The van der Waals surface area contributed by atoms with E-state index in [1.807, 2.05) is 0 Å². The molecule has 1 spiro atoms. The first-order valence-electron chi connectivity index (χ1n) is 21.7. The maximum Gasteiger partial charge on any atom is 0.303 e. The van der Waals surface area contributed by atoms with Gasteiger partial charge in [0.15, 0.2) is 24.5 Å². The van der Waals surface area contributed by atoms with Crippen LogP contribution in [0, 0.1) is 46.3 Å². The molecule has 4 aliphatic carbocycles. The van der Waals surface area contributed by atoms with Crippen LogP contribution in [0.15, 0.2) is 11.6 Å². The van der Waals surface area contributed by atoms with Crippen LogP contribution in [0.25, 0.3) is 0 Å². The molecule has 0 amide bonds. The van der Waals surface area contributed by atoms with Crippen LogP contribution in [0.5, 0.6) is 0 Å². The van der Waals surface area contributed by atoms with E-state index in [-0.39, 0.29) is 36.4 Å². The number of aliphatic hydroxyl groups is 5. The van der Waals surface area contributed by atoms with Gasteiger partial charge in [-0.15, -0.1) is 0 Å². The third-order valence-corrected chi connectivity index (χ3v) is 16.2. The Morgan fingerprint density at radius 3 is 2.29 bits per heavy atom. The Morgan fingerprint density at radius 2 is 1.60 bits per heavy atom. The topological polar surface area (TPSA) is 209 Å². The fourth-order valence-corrected chi connectivity index (χ4v) is 13.2. The minimum Gasteiger partial charge on any atom is -0.463 e. The van der Waals surface area contributed by atoms with Crippen LogP contribution in [0.3, 0.4) is 0 Å². The van der Waals surface area contributed by atoms with Crippen LogP contribution in [0.1, 0.15) is 99.8 Å². The highest BCUT2D eigenvalue weighted by atomic mass is 16.8. The second-order valence-corrected chi connectivity index (χ2v) is 19.6. The largest absolute Gasteiger partial charge is 0.463 e. The molecule has 0 bridgehead atoms. The van der Waals surface area contributed by atoms with Crippen molar-refractivity contribution in [1.82, 2.24) is 0 Å². The van der Waals surface area contributed by atoms with Crippen molar-refractivity contribution >= 4 is 11.9 Å². The molecule has 0 radical (unpaired) electrons. The summed E-state index contributed by atoms with van der Waals surface area (Å²) in [5, 5.41) is 55.3. The number of hydrogen-bond acceptors (Lipinski definition) is 15. The number of allylic oxidation sites excluding steroid dienone is 1. The van der Waals surface area contributed by atoms with E-state index in [0.717, 1.165) is 50.7 Å². The molecule has 8 rings (SSSR count). The third kappa shape index (κ3) is 7.09. The normalized spacial score (nSPS) is 53.8. The van der Waals surface area contributed by atoms with Gasteiger partial charge in [-0.05, 0) is 80.5 Å². The molecule has 5 N–H and O–H groups in total. The van der Waals surface area contributed by atoms with Crippen molar-refractivity contribution in [1.29, 1.82) is 0 Å². The summed E-state index contributed by atoms with van der Waals surface area (Å²) >= 11 is 0. The van der Waals surface area contributed by atoms with E-state index in [4.69, 9.17) is 37.9 Å². The zero-order valence-electron chi connectivity index (χ0n) is 34.9. The highest BCUT2D eigenvalue weighted by Gasteiger charge is 2.69. The summed E-state index contributed by atoms with van der Waals surface area (Å²) in [6, 6.07) is 0. The van der Waals surface area contributed by atoms with Gasteiger partial charge < -0.3 is 63.4 Å². The van der Waals surface area contributed by atoms with E-state index in [9.17, 15) is 35.1 Å². The van der Waals surface area contributed by atoms with Crippen molar-refractivity contribution in [2.75, 3.05) is 13.2 Å². The van der Waals surface area contributed by atoms with E-state index in [1.54, 1.807) is 0 Å². The summed E-state index contributed by atoms with van der Waals surface area (Å²) in [6.07, 6.45) is -6.63. The van der Waals surface area contributed by atoms with Gasteiger partial charge in [-0.2, -0.15) is 0 Å². The number of ether oxygens (including phenoxy) is 8. The van der Waals surface area contributed by atoms with Gasteiger partial charge in [0.2, 0.25) is 0 Å². The molecule has 0 aromatic heterocycles. The van der Waals surface area contributed by atoms with Gasteiger partial charge in [0.05, 0.1) is 31.0 Å². The van der Waals surface area contributed by atoms with Crippen LogP contribution in [0.2, 0.25) is 0 Å². The first kappa shape index (κ1) is 42.9. The maximum atomic E-state index is 12.3. The van der Waals surface area contributed by atoms with Gasteiger partial charge in [0.25, 0.3) is 0 Å². The van der Waals surface area contributed by atoms with Crippen LogP contribution in [-0.2, 0) is 47.5 Å². The van der Waals surface area contributed by atoms with Crippen molar-refractivity contribution in [3.05, 3.63) is 11.6 Å². The molecule has 0 aromatic carbocycles. The lowest BCUT2D eigenvalue weighted by Gasteiger charge is -2.60. The molecule has 3 saturated carbocycles. The fourth-order valence-electron chi connectivity index (χ4n) is 13.2. The summed E-state index contributed by atoms with van der Waals surface area (Å²) in [6.45, 7) is 13.5. The van der Waals surface area contributed by atoms with E-state index < -0.39 is 96.8 Å². The Morgan fingerprint density at radius 1 is 0.845 bits per heavy atom. The minimum absolute atomic E-state index is 0.0642. The van der Waals surface area contributed by atoms with Gasteiger partial charge in [0, 0.05) is 38.0 Å². The highest BCUT2D eigenvalue weighted by molar-refractivity contribution is 5.66. The fraction of sp³-hybridized carbons (Fsp3) is 0.907. The van der Waals surface area contributed by atoms with Gasteiger partial charge >= 0.3 is 11.9 Å². The molecule has 58 heavy (non-hydrogen) atoms. The average molecular weight is 823 g/mol. The van der Waals surface area contributed by atoms with Gasteiger partial charge in [0.1, 0.15) is 43.2 Å². The number of hydrogen-bond donors (Lipinski definition) is 5. The molecule has 22 atom stereocenters.